The lowest BCUT2D eigenvalue weighted by molar-refractivity contribution is -0.139. The molecule has 1 aromatic rings. The van der Waals surface area contributed by atoms with Crippen molar-refractivity contribution < 1.29 is 9.53 Å². The maximum absolute atomic E-state index is 11.4. The van der Waals surface area contributed by atoms with E-state index in [9.17, 15) is 4.79 Å². The third-order valence-electron chi connectivity index (χ3n) is 4.10. The first-order valence-corrected chi connectivity index (χ1v) is 6.95. The monoisotopic (exact) mass is 261 g/mol. The first-order valence-electron chi connectivity index (χ1n) is 6.95. The number of methoxy groups -OCH3 is 1. The van der Waals surface area contributed by atoms with Crippen molar-refractivity contribution in [3.05, 3.63) is 35.4 Å². The molecule has 1 aliphatic carbocycles. The van der Waals surface area contributed by atoms with E-state index < -0.39 is 0 Å². The van der Waals surface area contributed by atoms with Gasteiger partial charge in [-0.3, -0.25) is 9.69 Å². The summed E-state index contributed by atoms with van der Waals surface area (Å²) in [5.74, 6) is 0.683. The number of carbonyl (C=O) groups excluding carboxylic acids is 1. The van der Waals surface area contributed by atoms with Crippen LogP contribution >= 0.6 is 0 Å². The van der Waals surface area contributed by atoms with Crippen molar-refractivity contribution in [2.45, 2.75) is 38.8 Å². The fourth-order valence-electron chi connectivity index (χ4n) is 2.46. The van der Waals surface area contributed by atoms with Gasteiger partial charge in [-0.1, -0.05) is 24.3 Å². The molecule has 0 heterocycles. The summed E-state index contributed by atoms with van der Waals surface area (Å²) >= 11 is 0. The number of esters is 1. The molecule has 0 aliphatic heterocycles. The van der Waals surface area contributed by atoms with Crippen LogP contribution in [0, 0.1) is 5.92 Å². The van der Waals surface area contributed by atoms with E-state index in [0.717, 1.165) is 18.0 Å². The van der Waals surface area contributed by atoms with Crippen molar-refractivity contribution in [1.82, 2.24) is 4.90 Å². The number of ether oxygens (including phenoxy) is 1. The summed E-state index contributed by atoms with van der Waals surface area (Å²) in [6.45, 7) is 3.19. The van der Waals surface area contributed by atoms with E-state index in [0.29, 0.717) is 12.5 Å². The van der Waals surface area contributed by atoms with Crippen LogP contribution in [0.3, 0.4) is 0 Å². The molecule has 0 N–H and O–H groups in total. The molecule has 3 heteroatoms. The Morgan fingerprint density at radius 3 is 2.58 bits per heavy atom. The number of carbonyl (C=O) groups is 1. The van der Waals surface area contributed by atoms with E-state index in [4.69, 9.17) is 4.74 Å². The molecule has 0 saturated heterocycles. The SMILES string of the molecule is COC(=O)Cc1ccccc1CN(C)C(C)C1CC1. The highest BCUT2D eigenvalue weighted by Crippen LogP contribution is 2.35. The van der Waals surface area contributed by atoms with E-state index >= 15 is 0 Å². The Kier molecular flexibility index (Phi) is 4.59. The van der Waals surface area contributed by atoms with E-state index in [1.165, 1.54) is 25.5 Å². The van der Waals surface area contributed by atoms with Gasteiger partial charge < -0.3 is 4.74 Å². The maximum atomic E-state index is 11.4. The summed E-state index contributed by atoms with van der Waals surface area (Å²) in [5, 5.41) is 0. The van der Waals surface area contributed by atoms with Gasteiger partial charge in [-0.05, 0) is 43.9 Å². The Bertz CT molecular complexity index is 440. The third-order valence-corrected chi connectivity index (χ3v) is 4.10. The zero-order valence-corrected chi connectivity index (χ0v) is 12.1. The summed E-state index contributed by atoms with van der Waals surface area (Å²) in [4.78, 5) is 13.8. The van der Waals surface area contributed by atoms with Gasteiger partial charge in [0.25, 0.3) is 0 Å². The van der Waals surface area contributed by atoms with Gasteiger partial charge >= 0.3 is 5.97 Å². The summed E-state index contributed by atoms with van der Waals surface area (Å²) in [7, 11) is 3.60. The molecule has 3 nitrogen and oxygen atoms in total. The van der Waals surface area contributed by atoms with Crippen molar-refractivity contribution in [3.63, 3.8) is 0 Å². The Morgan fingerprint density at radius 1 is 1.37 bits per heavy atom. The summed E-state index contributed by atoms with van der Waals surface area (Å²) in [6.07, 6.45) is 3.07. The summed E-state index contributed by atoms with van der Waals surface area (Å²) < 4.78 is 4.76. The molecule has 1 saturated carbocycles. The first kappa shape index (κ1) is 14.1. The molecule has 19 heavy (non-hydrogen) atoms. The lowest BCUT2D eigenvalue weighted by Crippen LogP contribution is -2.30. The Hall–Kier alpha value is -1.35. The Labute approximate surface area is 115 Å². The molecule has 0 radical (unpaired) electrons. The topological polar surface area (TPSA) is 29.5 Å². The Morgan fingerprint density at radius 2 is 2.00 bits per heavy atom. The van der Waals surface area contributed by atoms with Gasteiger partial charge in [0.2, 0.25) is 0 Å². The largest absolute Gasteiger partial charge is 0.469 e. The van der Waals surface area contributed by atoms with Gasteiger partial charge in [-0.2, -0.15) is 0 Å². The normalized spacial score (nSPS) is 16.4. The van der Waals surface area contributed by atoms with Crippen LogP contribution in [-0.2, 0) is 22.5 Å². The number of hydrogen-bond acceptors (Lipinski definition) is 3. The molecule has 1 atom stereocenters. The zero-order chi connectivity index (χ0) is 13.8. The van der Waals surface area contributed by atoms with E-state index in [1.54, 1.807) is 0 Å². The van der Waals surface area contributed by atoms with Gasteiger partial charge in [0.15, 0.2) is 0 Å². The summed E-state index contributed by atoms with van der Waals surface area (Å²) in [5.41, 5.74) is 2.30. The van der Waals surface area contributed by atoms with Gasteiger partial charge in [-0.15, -0.1) is 0 Å². The molecular weight excluding hydrogens is 238 g/mol. The van der Waals surface area contributed by atoms with Crippen molar-refractivity contribution in [1.29, 1.82) is 0 Å². The number of nitrogens with zero attached hydrogens (tertiary/aromatic N) is 1. The van der Waals surface area contributed by atoms with E-state index in [1.807, 2.05) is 18.2 Å². The number of hydrogen-bond donors (Lipinski definition) is 0. The molecular formula is C16H23NO2. The number of benzene rings is 1. The highest BCUT2D eigenvalue weighted by atomic mass is 16.5. The minimum Gasteiger partial charge on any atom is -0.469 e. The zero-order valence-electron chi connectivity index (χ0n) is 12.1. The summed E-state index contributed by atoms with van der Waals surface area (Å²) in [6, 6.07) is 8.75. The van der Waals surface area contributed by atoms with Gasteiger partial charge in [0.05, 0.1) is 13.5 Å². The Balaban J connectivity index is 2.04. The minimum absolute atomic E-state index is 0.176. The molecule has 1 aliphatic rings. The molecule has 0 spiro atoms. The molecule has 0 bridgehead atoms. The van der Waals surface area contributed by atoms with Crippen LogP contribution in [0.1, 0.15) is 30.9 Å². The quantitative estimate of drug-likeness (QED) is 0.737. The van der Waals surface area contributed by atoms with Gasteiger partial charge in [-0.25, -0.2) is 0 Å². The van der Waals surface area contributed by atoms with E-state index in [2.05, 4.69) is 24.9 Å². The van der Waals surface area contributed by atoms with Crippen molar-refractivity contribution in [2.75, 3.05) is 14.2 Å². The van der Waals surface area contributed by atoms with Crippen molar-refractivity contribution >= 4 is 5.97 Å². The minimum atomic E-state index is -0.176. The molecule has 0 aromatic heterocycles. The predicted molar refractivity (Wildman–Crippen MR) is 75.8 cm³/mol. The second-order valence-corrected chi connectivity index (χ2v) is 5.51. The first-order chi connectivity index (χ1) is 9.11. The lowest BCUT2D eigenvalue weighted by atomic mass is 10.0. The highest BCUT2D eigenvalue weighted by Gasteiger charge is 2.30. The second-order valence-electron chi connectivity index (χ2n) is 5.51. The third kappa shape index (κ3) is 3.80. The molecule has 1 unspecified atom stereocenters. The molecule has 1 aromatic carbocycles. The number of rotatable bonds is 6. The molecule has 0 amide bonds. The van der Waals surface area contributed by atoms with Crippen LogP contribution in [0.5, 0.6) is 0 Å². The second kappa shape index (κ2) is 6.20. The van der Waals surface area contributed by atoms with Gasteiger partial charge in [0.1, 0.15) is 0 Å². The highest BCUT2D eigenvalue weighted by molar-refractivity contribution is 5.72. The van der Waals surface area contributed by atoms with Crippen LogP contribution in [0.4, 0.5) is 0 Å². The van der Waals surface area contributed by atoms with Crippen LogP contribution in [0.15, 0.2) is 24.3 Å². The molecule has 2 rings (SSSR count). The van der Waals surface area contributed by atoms with Crippen LogP contribution in [0.2, 0.25) is 0 Å². The smallest absolute Gasteiger partial charge is 0.309 e. The average Bonchev–Trinajstić information content (AvgIpc) is 3.24. The van der Waals surface area contributed by atoms with Crippen molar-refractivity contribution in [2.24, 2.45) is 5.92 Å². The lowest BCUT2D eigenvalue weighted by Gasteiger charge is -2.25. The van der Waals surface area contributed by atoms with Gasteiger partial charge in [0, 0.05) is 12.6 Å². The molecule has 1 fully saturated rings. The average molecular weight is 261 g/mol. The van der Waals surface area contributed by atoms with Crippen LogP contribution < -0.4 is 0 Å². The fraction of sp³-hybridized carbons (Fsp3) is 0.562. The molecule has 104 valence electrons. The van der Waals surface area contributed by atoms with E-state index in [-0.39, 0.29) is 5.97 Å². The fourth-order valence-corrected chi connectivity index (χ4v) is 2.46. The standard InChI is InChI=1S/C16H23NO2/c1-12(13-8-9-13)17(2)11-15-7-5-4-6-14(15)10-16(18)19-3/h4-7,12-13H,8-11H2,1-3H3. The maximum Gasteiger partial charge on any atom is 0.309 e. The van der Waals surface area contributed by atoms with Crippen LogP contribution in [0.25, 0.3) is 0 Å². The predicted octanol–water partition coefficient (Wildman–Crippen LogP) is 2.63. The van der Waals surface area contributed by atoms with Crippen LogP contribution in [-0.4, -0.2) is 31.1 Å². The van der Waals surface area contributed by atoms with Crippen molar-refractivity contribution in [3.8, 4) is 0 Å².